The molecule has 0 saturated carbocycles. The van der Waals surface area contributed by atoms with E-state index in [0.29, 0.717) is 0 Å². The van der Waals surface area contributed by atoms with E-state index in [0.717, 1.165) is 12.8 Å². The van der Waals surface area contributed by atoms with Crippen molar-refractivity contribution in [3.05, 3.63) is 64.7 Å². The molecule has 0 heterocycles. The number of hydrogen-bond donors (Lipinski definition) is 0. The number of rotatable bonds is 4. The van der Waals surface area contributed by atoms with Crippen LogP contribution >= 0.6 is 0 Å². The van der Waals surface area contributed by atoms with E-state index in [9.17, 15) is 0 Å². The molecular weight excluding hydrogens is 304 g/mol. The van der Waals surface area contributed by atoms with Gasteiger partial charge in [0, 0.05) is 7.11 Å². The largest absolute Gasteiger partial charge is 0.378 e. The third-order valence-corrected chi connectivity index (χ3v) is 5.23. The van der Waals surface area contributed by atoms with Crippen LogP contribution < -0.4 is 0 Å². The van der Waals surface area contributed by atoms with Crippen molar-refractivity contribution in [3.8, 4) is 11.1 Å². The van der Waals surface area contributed by atoms with Gasteiger partial charge in [0.1, 0.15) is 0 Å². The number of fused-ring (bicyclic) bond motifs is 1. The van der Waals surface area contributed by atoms with Gasteiger partial charge in [-0.05, 0) is 59.9 Å². The van der Waals surface area contributed by atoms with E-state index in [1.54, 1.807) is 7.11 Å². The van der Waals surface area contributed by atoms with Gasteiger partial charge in [-0.1, -0.05) is 74.9 Å². The molecule has 25 heavy (non-hydrogen) atoms. The van der Waals surface area contributed by atoms with Crippen molar-refractivity contribution in [2.45, 2.75) is 58.5 Å². The van der Waals surface area contributed by atoms with Gasteiger partial charge >= 0.3 is 0 Å². The van der Waals surface area contributed by atoms with Crippen molar-refractivity contribution in [1.82, 2.24) is 0 Å². The van der Waals surface area contributed by atoms with Crippen LogP contribution in [0.1, 0.15) is 57.7 Å². The molecule has 0 aliphatic heterocycles. The predicted octanol–water partition coefficient (Wildman–Crippen LogP) is 6.41. The highest BCUT2D eigenvalue weighted by Gasteiger charge is 2.23. The Morgan fingerprint density at radius 2 is 1.60 bits per heavy atom. The Bertz CT molecular complexity index is 786. The Kier molecular flexibility index (Phi) is 4.64. The van der Waals surface area contributed by atoms with Crippen molar-refractivity contribution in [1.29, 1.82) is 0 Å². The second-order valence-electron chi connectivity index (χ2n) is 8.83. The molecule has 1 aliphatic carbocycles. The maximum absolute atomic E-state index is 5.62. The van der Waals surface area contributed by atoms with Crippen LogP contribution in [-0.2, 0) is 16.6 Å². The van der Waals surface area contributed by atoms with Crippen molar-refractivity contribution in [2.24, 2.45) is 0 Å². The van der Waals surface area contributed by atoms with Crippen molar-refractivity contribution in [3.63, 3.8) is 0 Å². The van der Waals surface area contributed by atoms with Gasteiger partial charge in [-0.25, -0.2) is 0 Å². The molecule has 1 nitrogen and oxygen atoms in total. The molecule has 0 N–H and O–H groups in total. The average molecular weight is 335 g/mol. The minimum absolute atomic E-state index is 0.109. The van der Waals surface area contributed by atoms with E-state index in [4.69, 9.17) is 4.74 Å². The monoisotopic (exact) mass is 334 g/mol. The molecule has 0 amide bonds. The Hall–Kier alpha value is -1.86. The minimum Gasteiger partial charge on any atom is -0.378 e. The third kappa shape index (κ3) is 3.88. The summed E-state index contributed by atoms with van der Waals surface area (Å²) in [5.41, 5.74) is 8.37. The highest BCUT2D eigenvalue weighted by Crippen LogP contribution is 2.37. The quantitative estimate of drug-likeness (QED) is 0.628. The van der Waals surface area contributed by atoms with E-state index >= 15 is 0 Å². The first-order valence-corrected chi connectivity index (χ1v) is 9.17. The van der Waals surface area contributed by atoms with Gasteiger partial charge in [-0.2, -0.15) is 0 Å². The average Bonchev–Trinajstić information content (AvgIpc) is 2.95. The predicted molar refractivity (Wildman–Crippen MR) is 108 cm³/mol. The van der Waals surface area contributed by atoms with Crippen molar-refractivity contribution in [2.75, 3.05) is 7.11 Å². The number of benzene rings is 2. The minimum atomic E-state index is -0.109. The highest BCUT2D eigenvalue weighted by molar-refractivity contribution is 5.81. The van der Waals surface area contributed by atoms with Crippen LogP contribution in [0, 0.1) is 0 Å². The lowest BCUT2D eigenvalue weighted by molar-refractivity contribution is 0.0231. The number of ether oxygens (including phenoxy) is 1. The van der Waals surface area contributed by atoms with Crippen LogP contribution in [0.2, 0.25) is 0 Å². The van der Waals surface area contributed by atoms with Crippen LogP contribution in [0.4, 0.5) is 0 Å². The maximum Gasteiger partial charge on any atom is 0.0659 e. The fourth-order valence-corrected chi connectivity index (χ4v) is 3.57. The standard InChI is InChI=1S/C24H30O/c1-23(2,3)20-12-10-18(11-13-20)21-9-7-8-19-14-17(15-22(19)21)16-24(4,5)25-6/h7-13,15H,14,16H2,1-6H3. The Balaban J connectivity index is 1.94. The smallest absolute Gasteiger partial charge is 0.0659 e. The fraction of sp³-hybridized carbons (Fsp3) is 0.417. The van der Waals surface area contributed by atoms with E-state index in [-0.39, 0.29) is 11.0 Å². The summed E-state index contributed by atoms with van der Waals surface area (Å²) >= 11 is 0. The molecule has 0 aromatic heterocycles. The molecule has 1 heteroatoms. The first-order chi connectivity index (χ1) is 11.7. The van der Waals surface area contributed by atoms with Gasteiger partial charge < -0.3 is 4.74 Å². The van der Waals surface area contributed by atoms with E-state index in [1.807, 2.05) is 0 Å². The lowest BCUT2D eigenvalue weighted by Gasteiger charge is -2.23. The zero-order chi connectivity index (χ0) is 18.2. The van der Waals surface area contributed by atoms with Gasteiger partial charge in [0.05, 0.1) is 5.60 Å². The van der Waals surface area contributed by atoms with Crippen LogP contribution in [0.5, 0.6) is 0 Å². The van der Waals surface area contributed by atoms with E-state index in [1.165, 1.54) is 33.4 Å². The summed E-state index contributed by atoms with van der Waals surface area (Å²) in [6.07, 6.45) is 4.39. The Morgan fingerprint density at radius 3 is 2.20 bits per heavy atom. The fourth-order valence-electron chi connectivity index (χ4n) is 3.57. The van der Waals surface area contributed by atoms with Crippen LogP contribution in [-0.4, -0.2) is 12.7 Å². The van der Waals surface area contributed by atoms with Gasteiger partial charge in [0.2, 0.25) is 0 Å². The Morgan fingerprint density at radius 1 is 0.920 bits per heavy atom. The SMILES string of the molecule is COC(C)(C)CC1=Cc2c(cccc2-c2ccc(C(C)(C)C)cc2)C1. The molecule has 2 aromatic carbocycles. The zero-order valence-corrected chi connectivity index (χ0v) is 16.4. The van der Waals surface area contributed by atoms with Gasteiger partial charge in [0.15, 0.2) is 0 Å². The van der Waals surface area contributed by atoms with Crippen molar-refractivity contribution < 1.29 is 4.74 Å². The molecule has 2 aromatic rings. The second-order valence-corrected chi connectivity index (χ2v) is 8.83. The maximum atomic E-state index is 5.62. The molecule has 1 aliphatic rings. The molecule has 3 rings (SSSR count). The summed E-state index contributed by atoms with van der Waals surface area (Å²) in [6, 6.07) is 15.7. The van der Waals surface area contributed by atoms with Crippen LogP contribution in [0.3, 0.4) is 0 Å². The summed E-state index contributed by atoms with van der Waals surface area (Å²) in [5.74, 6) is 0. The van der Waals surface area contributed by atoms with Gasteiger partial charge in [-0.3, -0.25) is 0 Å². The molecule has 0 fully saturated rings. The lowest BCUT2D eigenvalue weighted by Crippen LogP contribution is -2.22. The molecule has 132 valence electrons. The summed E-state index contributed by atoms with van der Waals surface area (Å²) < 4.78 is 5.62. The molecule has 0 spiro atoms. The molecule has 0 bridgehead atoms. The highest BCUT2D eigenvalue weighted by atomic mass is 16.5. The first kappa shape index (κ1) is 17.9. The molecule has 0 radical (unpaired) electrons. The van der Waals surface area contributed by atoms with Crippen LogP contribution in [0.25, 0.3) is 17.2 Å². The second kappa shape index (κ2) is 6.46. The third-order valence-electron chi connectivity index (χ3n) is 5.23. The normalized spacial score (nSPS) is 14.4. The number of hydrogen-bond acceptors (Lipinski definition) is 1. The zero-order valence-electron chi connectivity index (χ0n) is 16.4. The topological polar surface area (TPSA) is 9.23 Å². The van der Waals surface area contributed by atoms with Gasteiger partial charge in [0.25, 0.3) is 0 Å². The summed E-state index contributed by atoms with van der Waals surface area (Å²) in [4.78, 5) is 0. The van der Waals surface area contributed by atoms with E-state index in [2.05, 4.69) is 83.2 Å². The summed E-state index contributed by atoms with van der Waals surface area (Å²) in [6.45, 7) is 11.1. The molecule has 0 saturated heterocycles. The van der Waals surface area contributed by atoms with Gasteiger partial charge in [-0.15, -0.1) is 0 Å². The number of methoxy groups -OCH3 is 1. The lowest BCUT2D eigenvalue weighted by atomic mass is 9.86. The molecular formula is C24H30O. The van der Waals surface area contributed by atoms with E-state index < -0.39 is 0 Å². The van der Waals surface area contributed by atoms with Crippen LogP contribution in [0.15, 0.2) is 48.0 Å². The summed E-state index contributed by atoms with van der Waals surface area (Å²) in [5, 5.41) is 0. The Labute approximate surface area is 152 Å². The summed E-state index contributed by atoms with van der Waals surface area (Å²) in [7, 11) is 1.80. The molecule has 0 unspecified atom stereocenters. The van der Waals surface area contributed by atoms with Crippen molar-refractivity contribution >= 4 is 6.08 Å². The first-order valence-electron chi connectivity index (χ1n) is 9.17. The molecule has 0 atom stereocenters.